The Labute approximate surface area is 194 Å². The van der Waals surface area contributed by atoms with Gasteiger partial charge in [-0.05, 0) is 81.1 Å². The lowest BCUT2D eigenvalue weighted by Gasteiger charge is -2.16. The molecule has 0 aliphatic heterocycles. The Kier molecular flexibility index (Phi) is 7.03. The molecule has 0 saturated carbocycles. The molecule has 1 N–H and O–H groups in total. The average molecular weight is 443 g/mol. The molecule has 6 heteroatoms. The summed E-state index contributed by atoms with van der Waals surface area (Å²) in [4.78, 5) is 21.6. The van der Waals surface area contributed by atoms with Crippen LogP contribution in [0.25, 0.3) is 11.0 Å². The largest absolute Gasteiger partial charge is 0.494 e. The van der Waals surface area contributed by atoms with Gasteiger partial charge in [0, 0.05) is 12.7 Å². The van der Waals surface area contributed by atoms with E-state index in [4.69, 9.17) is 9.72 Å². The highest BCUT2D eigenvalue weighted by Crippen LogP contribution is 2.22. The number of nitrogens with zero attached hydrogens (tertiary/aromatic N) is 3. The van der Waals surface area contributed by atoms with Crippen LogP contribution in [0.5, 0.6) is 5.75 Å². The summed E-state index contributed by atoms with van der Waals surface area (Å²) in [5.41, 5.74) is 4.82. The fourth-order valence-corrected chi connectivity index (χ4v) is 4.07. The summed E-state index contributed by atoms with van der Waals surface area (Å²) in [6.07, 6.45) is 3.49. The van der Waals surface area contributed by atoms with Crippen LogP contribution in [0.1, 0.15) is 53.2 Å². The molecular formula is C27H30N4O2. The number of carbonyl (C=O) groups is 1. The summed E-state index contributed by atoms with van der Waals surface area (Å²) >= 11 is 0. The van der Waals surface area contributed by atoms with Crippen molar-refractivity contribution in [1.82, 2.24) is 19.9 Å². The predicted octanol–water partition coefficient (Wildman–Crippen LogP) is 5.40. The number of ether oxygens (including phenoxy) is 1. The third kappa shape index (κ3) is 5.58. The van der Waals surface area contributed by atoms with E-state index in [-0.39, 0.29) is 11.9 Å². The minimum absolute atomic E-state index is 0.205. The molecular weight excluding hydrogens is 412 g/mol. The van der Waals surface area contributed by atoms with Crippen LogP contribution in [-0.4, -0.2) is 27.0 Å². The molecule has 4 aromatic rings. The Bertz CT molecular complexity index is 1210. The molecule has 0 radical (unpaired) electrons. The van der Waals surface area contributed by atoms with E-state index in [0.717, 1.165) is 42.0 Å². The molecule has 2 heterocycles. The monoisotopic (exact) mass is 442 g/mol. The lowest BCUT2D eigenvalue weighted by molar-refractivity contribution is 0.0932. The standard InChI is InChI=1S/C27H30N4O2/c1-19-16-20(2)18-22(17-19)33-15-9-8-14-31-25-12-5-4-10-23(25)30-26(31)21(3)29-27(32)24-11-6-7-13-28-24/h4-7,10-13,16-18,21H,8-9,14-15H2,1-3H3,(H,29,32). The van der Waals surface area contributed by atoms with Gasteiger partial charge in [0.15, 0.2) is 0 Å². The number of unbranched alkanes of at least 4 members (excludes halogenated alkanes) is 1. The second-order valence-corrected chi connectivity index (χ2v) is 8.40. The van der Waals surface area contributed by atoms with Crippen LogP contribution in [0.4, 0.5) is 0 Å². The molecule has 2 aromatic carbocycles. The fraction of sp³-hybridized carbons (Fsp3) is 0.296. The quantitative estimate of drug-likeness (QED) is 0.353. The van der Waals surface area contributed by atoms with E-state index in [0.29, 0.717) is 12.3 Å². The molecule has 6 nitrogen and oxygen atoms in total. The van der Waals surface area contributed by atoms with E-state index in [1.807, 2.05) is 31.2 Å². The molecule has 170 valence electrons. The first kappa shape index (κ1) is 22.5. The SMILES string of the molecule is Cc1cc(C)cc(OCCCCn2c(C(C)NC(=O)c3ccccn3)nc3ccccc32)c1. The molecule has 0 spiro atoms. The molecule has 0 bridgehead atoms. The van der Waals surface area contributed by atoms with E-state index in [2.05, 4.69) is 53.0 Å². The summed E-state index contributed by atoms with van der Waals surface area (Å²) in [6, 6.07) is 19.4. The second-order valence-electron chi connectivity index (χ2n) is 8.40. The molecule has 0 aliphatic carbocycles. The van der Waals surface area contributed by atoms with E-state index in [1.54, 1.807) is 18.3 Å². The molecule has 0 saturated heterocycles. The molecule has 0 aliphatic rings. The van der Waals surface area contributed by atoms with Crippen molar-refractivity contribution in [2.45, 2.75) is 46.2 Å². The average Bonchev–Trinajstić information content (AvgIpc) is 3.17. The van der Waals surface area contributed by atoms with Crippen molar-refractivity contribution in [3.05, 3.63) is 89.5 Å². The first-order chi connectivity index (χ1) is 16.0. The maximum Gasteiger partial charge on any atom is 0.270 e. The van der Waals surface area contributed by atoms with E-state index in [9.17, 15) is 4.79 Å². The Balaban J connectivity index is 1.42. The lowest BCUT2D eigenvalue weighted by atomic mass is 10.1. The summed E-state index contributed by atoms with van der Waals surface area (Å²) in [6.45, 7) is 7.59. The van der Waals surface area contributed by atoms with Crippen molar-refractivity contribution in [3.63, 3.8) is 0 Å². The maximum atomic E-state index is 12.6. The third-order valence-corrected chi connectivity index (χ3v) is 5.56. The van der Waals surface area contributed by atoms with Crippen molar-refractivity contribution in [3.8, 4) is 5.75 Å². The number of aromatic nitrogens is 3. The van der Waals surface area contributed by atoms with Crippen molar-refractivity contribution in [2.24, 2.45) is 0 Å². The summed E-state index contributed by atoms with van der Waals surface area (Å²) in [5, 5.41) is 3.04. The zero-order valence-electron chi connectivity index (χ0n) is 19.4. The fourth-order valence-electron chi connectivity index (χ4n) is 4.07. The molecule has 2 aromatic heterocycles. The van der Waals surface area contributed by atoms with Gasteiger partial charge in [0.05, 0.1) is 23.7 Å². The van der Waals surface area contributed by atoms with Gasteiger partial charge in [0.1, 0.15) is 17.3 Å². The van der Waals surface area contributed by atoms with Crippen LogP contribution in [0, 0.1) is 13.8 Å². The highest BCUT2D eigenvalue weighted by Gasteiger charge is 2.19. The summed E-state index contributed by atoms with van der Waals surface area (Å²) in [5.74, 6) is 1.56. The van der Waals surface area contributed by atoms with Gasteiger partial charge < -0.3 is 14.6 Å². The number of fused-ring (bicyclic) bond motifs is 1. The van der Waals surface area contributed by atoms with Crippen molar-refractivity contribution < 1.29 is 9.53 Å². The highest BCUT2D eigenvalue weighted by molar-refractivity contribution is 5.92. The Morgan fingerprint density at radius 2 is 1.79 bits per heavy atom. The molecule has 1 amide bonds. The first-order valence-corrected chi connectivity index (χ1v) is 11.4. The number of amides is 1. The predicted molar refractivity (Wildman–Crippen MR) is 130 cm³/mol. The van der Waals surface area contributed by atoms with Crippen LogP contribution >= 0.6 is 0 Å². The van der Waals surface area contributed by atoms with Crippen LogP contribution in [0.3, 0.4) is 0 Å². The normalized spacial score (nSPS) is 12.0. The number of hydrogen-bond donors (Lipinski definition) is 1. The third-order valence-electron chi connectivity index (χ3n) is 5.56. The molecule has 0 fully saturated rings. The number of imidazole rings is 1. The number of nitrogens with one attached hydrogen (secondary N) is 1. The van der Waals surface area contributed by atoms with Gasteiger partial charge in [-0.15, -0.1) is 0 Å². The molecule has 1 atom stereocenters. The molecule has 33 heavy (non-hydrogen) atoms. The smallest absolute Gasteiger partial charge is 0.270 e. The van der Waals surface area contributed by atoms with Crippen molar-refractivity contribution in [2.75, 3.05) is 6.61 Å². The number of carbonyl (C=O) groups excluding carboxylic acids is 1. The van der Waals surface area contributed by atoms with Gasteiger partial charge in [-0.3, -0.25) is 9.78 Å². The number of aryl methyl sites for hydroxylation is 3. The van der Waals surface area contributed by atoms with Gasteiger partial charge in [-0.1, -0.05) is 24.3 Å². The zero-order valence-corrected chi connectivity index (χ0v) is 19.4. The maximum absolute atomic E-state index is 12.6. The topological polar surface area (TPSA) is 69.0 Å². The zero-order chi connectivity index (χ0) is 23.2. The van der Waals surface area contributed by atoms with E-state index in [1.165, 1.54) is 11.1 Å². The number of benzene rings is 2. The van der Waals surface area contributed by atoms with Gasteiger partial charge in [-0.2, -0.15) is 0 Å². The molecule has 4 rings (SSSR count). The van der Waals surface area contributed by atoms with Crippen molar-refractivity contribution >= 4 is 16.9 Å². The summed E-state index contributed by atoms with van der Waals surface area (Å²) < 4.78 is 8.17. The molecule has 1 unspecified atom stereocenters. The van der Waals surface area contributed by atoms with Gasteiger partial charge in [0.25, 0.3) is 5.91 Å². The minimum Gasteiger partial charge on any atom is -0.494 e. The number of pyridine rings is 1. The van der Waals surface area contributed by atoms with Crippen molar-refractivity contribution in [1.29, 1.82) is 0 Å². The van der Waals surface area contributed by atoms with Gasteiger partial charge in [-0.25, -0.2) is 4.98 Å². The van der Waals surface area contributed by atoms with Gasteiger partial charge >= 0.3 is 0 Å². The van der Waals surface area contributed by atoms with Crippen LogP contribution in [0.15, 0.2) is 66.9 Å². The van der Waals surface area contributed by atoms with E-state index < -0.39 is 0 Å². The Hall–Kier alpha value is -3.67. The minimum atomic E-state index is -0.251. The van der Waals surface area contributed by atoms with Crippen LogP contribution in [0.2, 0.25) is 0 Å². The number of para-hydroxylation sites is 2. The van der Waals surface area contributed by atoms with Crippen LogP contribution < -0.4 is 10.1 Å². The first-order valence-electron chi connectivity index (χ1n) is 11.4. The number of hydrogen-bond acceptors (Lipinski definition) is 4. The second kappa shape index (κ2) is 10.3. The van der Waals surface area contributed by atoms with Crippen LogP contribution in [-0.2, 0) is 6.54 Å². The lowest BCUT2D eigenvalue weighted by Crippen LogP contribution is -2.29. The van der Waals surface area contributed by atoms with Gasteiger partial charge in [0.2, 0.25) is 0 Å². The Morgan fingerprint density at radius 3 is 2.55 bits per heavy atom. The van der Waals surface area contributed by atoms with E-state index >= 15 is 0 Å². The highest BCUT2D eigenvalue weighted by atomic mass is 16.5. The Morgan fingerprint density at radius 1 is 1.03 bits per heavy atom. The summed E-state index contributed by atoms with van der Waals surface area (Å²) in [7, 11) is 0. The number of rotatable bonds is 9.